The van der Waals surface area contributed by atoms with Crippen molar-refractivity contribution in [3.05, 3.63) is 52.9 Å². The summed E-state index contributed by atoms with van der Waals surface area (Å²) in [6.07, 6.45) is 1.85. The predicted molar refractivity (Wildman–Crippen MR) is 118 cm³/mol. The third-order valence-corrected chi connectivity index (χ3v) is 5.77. The number of methoxy groups -OCH3 is 1. The predicted octanol–water partition coefficient (Wildman–Crippen LogP) is 3.46. The Morgan fingerprint density at radius 3 is 2.97 bits per heavy atom. The fraction of sp³-hybridized carbons (Fsp3) is 0.150. The number of hydrogen-bond donors (Lipinski definition) is 1. The standard InChI is InChI=1S/C20H16N4O4S2/c1-27-13-5-2-4-12(10-13)11-16-19(26)24(20(29)30-16)9-8-17(25)21-14-6-3-7-15-18(14)23-28-22-15/h2-7,10-11H,8-9H2,1H3,(H,21,25). The van der Waals surface area contributed by atoms with E-state index in [0.717, 1.165) is 5.56 Å². The molecule has 1 fully saturated rings. The summed E-state index contributed by atoms with van der Waals surface area (Å²) >= 11 is 6.55. The number of ether oxygens (including phenoxy) is 1. The highest BCUT2D eigenvalue weighted by molar-refractivity contribution is 8.26. The maximum atomic E-state index is 12.7. The first-order valence-electron chi connectivity index (χ1n) is 8.96. The van der Waals surface area contributed by atoms with Crippen LogP contribution in [0.15, 0.2) is 52.0 Å². The van der Waals surface area contributed by atoms with Crippen molar-refractivity contribution >= 4 is 62.9 Å². The van der Waals surface area contributed by atoms with E-state index in [2.05, 4.69) is 15.6 Å². The molecule has 1 aliphatic heterocycles. The molecule has 8 nitrogen and oxygen atoms in total. The van der Waals surface area contributed by atoms with E-state index < -0.39 is 0 Å². The number of benzene rings is 2. The normalized spacial score (nSPS) is 15.2. The first-order valence-corrected chi connectivity index (χ1v) is 10.2. The number of anilines is 1. The lowest BCUT2D eigenvalue weighted by Gasteiger charge is -2.14. The Bertz CT molecular complexity index is 1170. The van der Waals surface area contributed by atoms with E-state index in [0.29, 0.717) is 31.7 Å². The molecule has 4 rings (SSSR count). The number of carbonyl (C=O) groups excluding carboxylic acids is 2. The fourth-order valence-corrected chi connectivity index (χ4v) is 4.22. The van der Waals surface area contributed by atoms with Gasteiger partial charge in [0, 0.05) is 13.0 Å². The number of nitrogens with zero attached hydrogens (tertiary/aromatic N) is 3. The second kappa shape index (κ2) is 8.64. The molecule has 0 unspecified atom stereocenters. The van der Waals surface area contributed by atoms with Crippen LogP contribution < -0.4 is 10.1 Å². The first-order chi connectivity index (χ1) is 14.5. The summed E-state index contributed by atoms with van der Waals surface area (Å²) in [5.74, 6) is 0.216. The van der Waals surface area contributed by atoms with E-state index in [-0.39, 0.29) is 24.8 Å². The summed E-state index contributed by atoms with van der Waals surface area (Å²) in [4.78, 5) is 27.1. The second-order valence-electron chi connectivity index (χ2n) is 6.35. The summed E-state index contributed by atoms with van der Waals surface area (Å²) < 4.78 is 10.3. The monoisotopic (exact) mass is 440 g/mol. The third kappa shape index (κ3) is 4.19. The first kappa shape index (κ1) is 20.0. The topological polar surface area (TPSA) is 97.6 Å². The summed E-state index contributed by atoms with van der Waals surface area (Å²) in [6, 6.07) is 12.6. The second-order valence-corrected chi connectivity index (χ2v) is 8.02. The van der Waals surface area contributed by atoms with Crippen LogP contribution in [0.2, 0.25) is 0 Å². The molecule has 0 bridgehead atoms. The van der Waals surface area contributed by atoms with Crippen molar-refractivity contribution in [2.24, 2.45) is 0 Å². The molecule has 0 atom stereocenters. The van der Waals surface area contributed by atoms with E-state index >= 15 is 0 Å². The van der Waals surface area contributed by atoms with Crippen LogP contribution in [0.4, 0.5) is 5.69 Å². The minimum absolute atomic E-state index is 0.0839. The number of hydrogen-bond acceptors (Lipinski definition) is 8. The molecule has 1 N–H and O–H groups in total. The third-order valence-electron chi connectivity index (χ3n) is 4.39. The van der Waals surface area contributed by atoms with Crippen LogP contribution >= 0.6 is 24.0 Å². The Labute approximate surface area is 181 Å². The molecule has 0 aliphatic carbocycles. The van der Waals surface area contributed by atoms with Crippen molar-refractivity contribution in [3.8, 4) is 5.75 Å². The summed E-state index contributed by atoms with van der Waals surface area (Å²) in [5.41, 5.74) is 2.36. The van der Waals surface area contributed by atoms with Crippen LogP contribution in [-0.2, 0) is 9.59 Å². The van der Waals surface area contributed by atoms with E-state index in [9.17, 15) is 9.59 Å². The Balaban J connectivity index is 1.40. The minimum Gasteiger partial charge on any atom is -0.497 e. The molecule has 0 spiro atoms. The number of amides is 2. The van der Waals surface area contributed by atoms with E-state index in [1.165, 1.54) is 16.7 Å². The lowest BCUT2D eigenvalue weighted by Crippen LogP contribution is -2.31. The molecular formula is C20H16N4O4S2. The molecule has 2 amide bonds. The van der Waals surface area contributed by atoms with E-state index in [1.807, 2.05) is 24.3 Å². The number of fused-ring (bicyclic) bond motifs is 1. The van der Waals surface area contributed by atoms with E-state index in [4.69, 9.17) is 21.6 Å². The van der Waals surface area contributed by atoms with Gasteiger partial charge in [-0.05, 0) is 46.2 Å². The van der Waals surface area contributed by atoms with Crippen LogP contribution in [0.25, 0.3) is 17.1 Å². The van der Waals surface area contributed by atoms with Gasteiger partial charge in [-0.3, -0.25) is 14.5 Å². The van der Waals surface area contributed by atoms with Gasteiger partial charge in [-0.25, -0.2) is 4.63 Å². The van der Waals surface area contributed by atoms with Crippen LogP contribution in [0.3, 0.4) is 0 Å². The van der Waals surface area contributed by atoms with Gasteiger partial charge in [0.05, 0.1) is 17.7 Å². The number of aromatic nitrogens is 2. The molecule has 3 aromatic rings. The highest BCUT2D eigenvalue weighted by atomic mass is 32.2. The summed E-state index contributed by atoms with van der Waals surface area (Å²) in [6.45, 7) is 0.180. The van der Waals surface area contributed by atoms with Crippen LogP contribution in [-0.4, -0.2) is 45.0 Å². The number of thiocarbonyl (C=S) groups is 1. The van der Waals surface area contributed by atoms with Crippen molar-refractivity contribution in [1.82, 2.24) is 15.2 Å². The molecule has 152 valence electrons. The maximum Gasteiger partial charge on any atom is 0.266 e. The zero-order valence-electron chi connectivity index (χ0n) is 15.8. The molecule has 2 heterocycles. The van der Waals surface area contributed by atoms with Crippen LogP contribution in [0.1, 0.15) is 12.0 Å². The Morgan fingerprint density at radius 1 is 1.30 bits per heavy atom. The molecule has 1 aliphatic rings. The van der Waals surface area contributed by atoms with Gasteiger partial charge in [0.25, 0.3) is 5.91 Å². The van der Waals surface area contributed by atoms with E-state index in [1.54, 1.807) is 31.4 Å². The highest BCUT2D eigenvalue weighted by Gasteiger charge is 2.32. The lowest BCUT2D eigenvalue weighted by molar-refractivity contribution is -0.122. The smallest absolute Gasteiger partial charge is 0.266 e. The fourth-order valence-electron chi connectivity index (χ4n) is 2.91. The van der Waals surface area contributed by atoms with Crippen molar-refractivity contribution in [3.63, 3.8) is 0 Å². The molecule has 0 saturated carbocycles. The molecule has 2 aromatic carbocycles. The summed E-state index contributed by atoms with van der Waals surface area (Å²) in [7, 11) is 1.59. The lowest BCUT2D eigenvalue weighted by atomic mass is 10.2. The number of rotatable bonds is 6. The van der Waals surface area contributed by atoms with Gasteiger partial charge in [-0.15, -0.1) is 0 Å². The maximum absolute atomic E-state index is 12.7. The van der Waals surface area contributed by atoms with Crippen molar-refractivity contribution in [1.29, 1.82) is 0 Å². The zero-order valence-corrected chi connectivity index (χ0v) is 17.5. The molecule has 30 heavy (non-hydrogen) atoms. The molecule has 0 radical (unpaired) electrons. The highest BCUT2D eigenvalue weighted by Crippen LogP contribution is 2.33. The molecule has 1 aromatic heterocycles. The zero-order chi connectivity index (χ0) is 21.1. The van der Waals surface area contributed by atoms with Gasteiger partial charge in [0.15, 0.2) is 5.52 Å². The van der Waals surface area contributed by atoms with Gasteiger partial charge in [-0.1, -0.05) is 42.2 Å². The number of thioether (sulfide) groups is 1. The van der Waals surface area contributed by atoms with Crippen molar-refractivity contribution in [2.45, 2.75) is 6.42 Å². The van der Waals surface area contributed by atoms with Gasteiger partial charge < -0.3 is 10.1 Å². The Morgan fingerprint density at radius 2 is 2.13 bits per heavy atom. The van der Waals surface area contributed by atoms with Gasteiger partial charge >= 0.3 is 0 Å². The quantitative estimate of drug-likeness (QED) is 0.460. The van der Waals surface area contributed by atoms with Gasteiger partial charge in [-0.2, -0.15) is 0 Å². The molecule has 10 heteroatoms. The van der Waals surface area contributed by atoms with Crippen LogP contribution in [0, 0.1) is 0 Å². The van der Waals surface area contributed by atoms with Crippen molar-refractivity contribution in [2.75, 3.05) is 19.0 Å². The molecular weight excluding hydrogens is 424 g/mol. The van der Waals surface area contributed by atoms with Crippen molar-refractivity contribution < 1.29 is 19.0 Å². The van der Waals surface area contributed by atoms with Gasteiger partial charge in [0.2, 0.25) is 5.91 Å². The minimum atomic E-state index is -0.267. The average Bonchev–Trinajstić information content (AvgIpc) is 3.32. The summed E-state index contributed by atoms with van der Waals surface area (Å²) in [5, 5.41) is 10.3. The Hall–Kier alpha value is -3.24. The average molecular weight is 441 g/mol. The molecule has 1 saturated heterocycles. The number of carbonyl (C=O) groups is 2. The Kier molecular flexibility index (Phi) is 5.77. The number of nitrogens with one attached hydrogen (secondary N) is 1. The van der Waals surface area contributed by atoms with Crippen LogP contribution in [0.5, 0.6) is 5.75 Å². The largest absolute Gasteiger partial charge is 0.497 e. The van der Waals surface area contributed by atoms with Gasteiger partial charge in [0.1, 0.15) is 15.6 Å². The SMILES string of the molecule is COc1cccc(C=C2SC(=S)N(CCC(=O)Nc3cccc4nonc34)C2=O)c1.